The third-order valence-electron chi connectivity index (χ3n) is 4.34. The second kappa shape index (κ2) is 6.68. The van der Waals surface area contributed by atoms with Crippen LogP contribution in [0.15, 0.2) is 47.7 Å². The van der Waals surface area contributed by atoms with Crippen LogP contribution in [0.3, 0.4) is 0 Å². The summed E-state index contributed by atoms with van der Waals surface area (Å²) in [5, 5.41) is 4.32. The number of hydrogen-bond donors (Lipinski definition) is 1. The van der Waals surface area contributed by atoms with Crippen LogP contribution in [-0.4, -0.2) is 42.1 Å². The lowest BCUT2D eigenvalue weighted by Crippen LogP contribution is -2.51. The van der Waals surface area contributed by atoms with Gasteiger partial charge in [0.2, 0.25) is 0 Å². The van der Waals surface area contributed by atoms with Crippen LogP contribution in [0.5, 0.6) is 0 Å². The van der Waals surface area contributed by atoms with E-state index in [4.69, 9.17) is 0 Å². The van der Waals surface area contributed by atoms with E-state index in [1.54, 1.807) is 0 Å². The van der Waals surface area contributed by atoms with Gasteiger partial charge in [-0.15, -0.1) is 0 Å². The van der Waals surface area contributed by atoms with Gasteiger partial charge in [-0.25, -0.2) is 0 Å². The molecule has 0 radical (unpaired) electrons. The molecule has 0 spiro atoms. The van der Waals surface area contributed by atoms with E-state index < -0.39 is 0 Å². The van der Waals surface area contributed by atoms with Crippen LogP contribution in [-0.2, 0) is 0 Å². The normalized spacial score (nSPS) is 30.1. The van der Waals surface area contributed by atoms with Gasteiger partial charge in [0.25, 0.3) is 0 Å². The van der Waals surface area contributed by atoms with Crippen LogP contribution >= 0.6 is 11.8 Å². The highest BCUT2D eigenvalue weighted by molar-refractivity contribution is 7.99. The van der Waals surface area contributed by atoms with E-state index >= 15 is 0 Å². The number of piperazine rings is 1. The van der Waals surface area contributed by atoms with Gasteiger partial charge in [-0.2, -0.15) is 11.8 Å². The molecule has 1 N–H and O–H groups in total. The molecule has 0 saturated carbocycles. The van der Waals surface area contributed by atoms with E-state index in [1.807, 2.05) is 11.8 Å². The van der Waals surface area contributed by atoms with Crippen molar-refractivity contribution in [1.82, 2.24) is 10.2 Å². The molecule has 0 aromatic heterocycles. The predicted molar refractivity (Wildman–Crippen MR) is 89.0 cm³/mol. The molecule has 0 aromatic carbocycles. The Morgan fingerprint density at radius 2 is 2.30 bits per heavy atom. The molecule has 1 heterocycles. The van der Waals surface area contributed by atoms with Gasteiger partial charge in [0.1, 0.15) is 0 Å². The third-order valence-corrected chi connectivity index (χ3v) is 5.26. The molecule has 3 aliphatic rings. The molecule has 2 unspecified atom stereocenters. The minimum absolute atomic E-state index is 0.500. The standard InChI is InChI=1S/C17H24N2S/c1-20-16-9-5-8-15(12-16)19-11-10-18-17(13-19)14-6-3-2-4-7-14/h3,5-9,16-18H,2,4,10-13H2,1H3. The van der Waals surface area contributed by atoms with Gasteiger partial charge < -0.3 is 10.2 Å². The molecule has 2 atom stereocenters. The molecule has 2 nitrogen and oxygen atoms in total. The zero-order valence-corrected chi connectivity index (χ0v) is 13.0. The summed E-state index contributed by atoms with van der Waals surface area (Å²) >= 11 is 1.95. The highest BCUT2D eigenvalue weighted by Gasteiger charge is 2.24. The third kappa shape index (κ3) is 3.21. The topological polar surface area (TPSA) is 15.3 Å². The Morgan fingerprint density at radius 3 is 3.10 bits per heavy atom. The highest BCUT2D eigenvalue weighted by atomic mass is 32.2. The fourth-order valence-electron chi connectivity index (χ4n) is 3.16. The summed E-state index contributed by atoms with van der Waals surface area (Å²) in [6.07, 6.45) is 19.7. The molecule has 1 saturated heterocycles. The fraction of sp³-hybridized carbons (Fsp3) is 0.529. The second-order valence-corrected chi connectivity index (χ2v) is 6.73. The van der Waals surface area contributed by atoms with E-state index in [0.717, 1.165) is 19.6 Å². The van der Waals surface area contributed by atoms with Crippen molar-refractivity contribution in [2.45, 2.75) is 30.6 Å². The van der Waals surface area contributed by atoms with E-state index in [0.29, 0.717) is 11.3 Å². The minimum atomic E-state index is 0.500. The van der Waals surface area contributed by atoms with E-state index in [-0.39, 0.29) is 0 Å². The van der Waals surface area contributed by atoms with Crippen LogP contribution in [0, 0.1) is 0 Å². The lowest BCUT2D eigenvalue weighted by atomic mass is 9.97. The van der Waals surface area contributed by atoms with Gasteiger partial charge >= 0.3 is 0 Å². The average Bonchev–Trinajstić information content (AvgIpc) is 2.56. The van der Waals surface area contributed by atoms with Gasteiger partial charge in [-0.3, -0.25) is 0 Å². The fourth-order valence-corrected chi connectivity index (χ4v) is 3.74. The number of allylic oxidation sites excluding steroid dienone is 5. The predicted octanol–water partition coefficient (Wildman–Crippen LogP) is 3.11. The Balaban J connectivity index is 1.66. The van der Waals surface area contributed by atoms with Crippen LogP contribution in [0.25, 0.3) is 0 Å². The monoisotopic (exact) mass is 288 g/mol. The van der Waals surface area contributed by atoms with Gasteiger partial charge in [0, 0.05) is 43.0 Å². The molecule has 20 heavy (non-hydrogen) atoms. The van der Waals surface area contributed by atoms with Crippen molar-refractivity contribution in [3.8, 4) is 0 Å². The van der Waals surface area contributed by atoms with Crippen LogP contribution in [0.2, 0.25) is 0 Å². The SMILES string of the molecule is CSC1C=CC=C(N2CCNC(C3=CCCC=C3)C2)C1. The highest BCUT2D eigenvalue weighted by Crippen LogP contribution is 2.26. The van der Waals surface area contributed by atoms with Gasteiger partial charge in [0.15, 0.2) is 0 Å². The molecular weight excluding hydrogens is 264 g/mol. The van der Waals surface area contributed by atoms with E-state index in [1.165, 1.54) is 30.5 Å². The largest absolute Gasteiger partial charge is 0.372 e. The molecular formula is C17H24N2S. The van der Waals surface area contributed by atoms with Crippen molar-refractivity contribution in [3.05, 3.63) is 47.7 Å². The summed E-state index contributed by atoms with van der Waals surface area (Å²) in [7, 11) is 0. The summed E-state index contributed by atoms with van der Waals surface area (Å²) < 4.78 is 0. The zero-order valence-electron chi connectivity index (χ0n) is 12.2. The van der Waals surface area contributed by atoms with Crippen LogP contribution in [0.4, 0.5) is 0 Å². The van der Waals surface area contributed by atoms with Crippen LogP contribution in [0.1, 0.15) is 19.3 Å². The summed E-state index contributed by atoms with van der Waals surface area (Å²) in [4.78, 5) is 2.58. The minimum Gasteiger partial charge on any atom is -0.372 e. The number of nitrogens with zero attached hydrogens (tertiary/aromatic N) is 1. The lowest BCUT2D eigenvalue weighted by molar-refractivity contribution is 0.257. The first-order chi connectivity index (χ1) is 9.86. The zero-order chi connectivity index (χ0) is 13.8. The van der Waals surface area contributed by atoms with Crippen molar-refractivity contribution >= 4 is 11.8 Å². The number of hydrogen-bond acceptors (Lipinski definition) is 3. The Hall–Kier alpha value is -0.930. The molecule has 0 bridgehead atoms. The van der Waals surface area contributed by atoms with Crippen molar-refractivity contribution in [1.29, 1.82) is 0 Å². The first-order valence-corrected chi connectivity index (χ1v) is 8.90. The summed E-state index contributed by atoms with van der Waals surface area (Å²) in [5.74, 6) is 0. The number of thioether (sulfide) groups is 1. The smallest absolute Gasteiger partial charge is 0.0495 e. The van der Waals surface area contributed by atoms with Crippen molar-refractivity contribution in [2.75, 3.05) is 25.9 Å². The maximum absolute atomic E-state index is 3.67. The van der Waals surface area contributed by atoms with E-state index in [2.05, 4.69) is 52.9 Å². The van der Waals surface area contributed by atoms with Gasteiger partial charge in [-0.1, -0.05) is 30.4 Å². The molecule has 3 rings (SSSR count). The molecule has 0 amide bonds. The molecule has 2 aliphatic carbocycles. The quantitative estimate of drug-likeness (QED) is 0.859. The summed E-state index contributed by atoms with van der Waals surface area (Å²) in [6.45, 7) is 3.33. The summed E-state index contributed by atoms with van der Waals surface area (Å²) in [6, 6.07) is 0.500. The Kier molecular flexibility index (Phi) is 4.69. The first kappa shape index (κ1) is 14.0. The Bertz CT molecular complexity index is 462. The Morgan fingerprint density at radius 1 is 1.35 bits per heavy atom. The maximum Gasteiger partial charge on any atom is 0.0495 e. The van der Waals surface area contributed by atoms with Gasteiger partial charge in [-0.05, 0) is 30.7 Å². The van der Waals surface area contributed by atoms with E-state index in [9.17, 15) is 0 Å². The van der Waals surface area contributed by atoms with Crippen LogP contribution < -0.4 is 5.32 Å². The van der Waals surface area contributed by atoms with Gasteiger partial charge in [0.05, 0.1) is 0 Å². The number of rotatable bonds is 3. The molecule has 108 valence electrons. The molecule has 0 aromatic rings. The molecule has 3 heteroatoms. The first-order valence-electron chi connectivity index (χ1n) is 7.62. The second-order valence-electron chi connectivity index (χ2n) is 5.66. The molecule has 1 aliphatic heterocycles. The summed E-state index contributed by atoms with van der Waals surface area (Å²) in [5.41, 5.74) is 2.99. The number of nitrogens with one attached hydrogen (secondary N) is 1. The maximum atomic E-state index is 3.67. The Labute approximate surface area is 126 Å². The van der Waals surface area contributed by atoms with Crippen molar-refractivity contribution < 1.29 is 0 Å². The lowest BCUT2D eigenvalue weighted by Gasteiger charge is -2.39. The van der Waals surface area contributed by atoms with Crippen molar-refractivity contribution in [2.24, 2.45) is 0 Å². The van der Waals surface area contributed by atoms with Crippen molar-refractivity contribution in [3.63, 3.8) is 0 Å². The average molecular weight is 288 g/mol. The molecule has 1 fully saturated rings.